The van der Waals surface area contributed by atoms with E-state index in [1.165, 1.54) is 6.26 Å². The Morgan fingerprint density at radius 3 is 2.44 bits per heavy atom. The minimum atomic E-state index is -3.25. The minimum Gasteiger partial charge on any atom is -0.467 e. The summed E-state index contributed by atoms with van der Waals surface area (Å²) in [5.74, 6) is 0.630. The Kier molecular flexibility index (Phi) is 4.88. The molecule has 2 fully saturated rings. The van der Waals surface area contributed by atoms with Crippen LogP contribution in [0.3, 0.4) is 0 Å². The van der Waals surface area contributed by atoms with Crippen LogP contribution in [-0.2, 0) is 16.6 Å². The number of sulfonamides is 1. The van der Waals surface area contributed by atoms with Crippen molar-refractivity contribution in [3.8, 4) is 6.01 Å². The van der Waals surface area contributed by atoms with Gasteiger partial charge in [0.25, 0.3) is 0 Å². The van der Waals surface area contributed by atoms with Crippen LogP contribution in [0.2, 0.25) is 0 Å². The highest BCUT2D eigenvalue weighted by atomic mass is 32.2. The quantitative estimate of drug-likeness (QED) is 0.774. The van der Waals surface area contributed by atoms with Crippen LogP contribution in [-0.4, -0.2) is 60.6 Å². The van der Waals surface area contributed by atoms with Gasteiger partial charge in [-0.05, 0) is 17.4 Å². The van der Waals surface area contributed by atoms with Crippen molar-refractivity contribution < 1.29 is 13.2 Å². The summed E-state index contributed by atoms with van der Waals surface area (Å²) in [5.41, 5.74) is 2.11. The number of aromatic nitrogens is 2. The van der Waals surface area contributed by atoms with Gasteiger partial charge in [0.05, 0.1) is 19.4 Å². The molecule has 0 unspecified atom stereocenters. The second-order valence-corrected chi connectivity index (χ2v) is 9.32. The van der Waals surface area contributed by atoms with Crippen molar-refractivity contribution in [1.82, 2.24) is 19.2 Å². The third-order valence-corrected chi connectivity index (χ3v) is 6.76. The molecular formula is C19H24N4O3S. The van der Waals surface area contributed by atoms with Crippen LogP contribution in [0.25, 0.3) is 0 Å². The molecule has 4 rings (SSSR count). The maximum Gasteiger partial charge on any atom is 0.316 e. The summed E-state index contributed by atoms with van der Waals surface area (Å²) in [6.07, 6.45) is 4.89. The number of ether oxygens (including phenoxy) is 1. The first-order chi connectivity index (χ1) is 13.0. The molecule has 144 valence electrons. The topological polar surface area (TPSA) is 75.6 Å². The first-order valence-corrected chi connectivity index (χ1v) is 10.9. The molecule has 0 saturated carbocycles. The fraction of sp³-hybridized carbons (Fsp3) is 0.474. The second-order valence-electron chi connectivity index (χ2n) is 7.38. The number of hydrogen-bond donors (Lipinski definition) is 0. The molecule has 2 aromatic rings. The van der Waals surface area contributed by atoms with E-state index in [0.717, 1.165) is 30.8 Å². The van der Waals surface area contributed by atoms with Gasteiger partial charge in [-0.3, -0.25) is 4.90 Å². The summed E-state index contributed by atoms with van der Waals surface area (Å²) < 4.78 is 31.4. The Morgan fingerprint density at radius 2 is 1.81 bits per heavy atom. The summed E-state index contributed by atoms with van der Waals surface area (Å²) in [6, 6.07) is 10.3. The molecule has 3 heterocycles. The maximum atomic E-state index is 12.4. The standard InChI is InChI=1S/C19H24N4O3S/c1-26-19-20-8-14(9-21-19)10-22-11-16-12-23(27(2,24)25)18(17(16)13-22)15-6-4-3-5-7-15/h3-9,16-18H,10-13H2,1-2H3/t16-,17-,18+/m1/s1. The van der Waals surface area contributed by atoms with E-state index < -0.39 is 10.0 Å². The zero-order valence-electron chi connectivity index (χ0n) is 15.5. The van der Waals surface area contributed by atoms with Gasteiger partial charge in [0.2, 0.25) is 10.0 Å². The third-order valence-electron chi connectivity index (χ3n) is 5.53. The number of fused-ring (bicyclic) bond motifs is 1. The molecule has 3 atom stereocenters. The Labute approximate surface area is 160 Å². The SMILES string of the molecule is COc1ncc(CN2C[C@@H]3CN(S(C)(=O)=O)[C@@H](c4ccccc4)[C@@H]3C2)cn1. The molecule has 0 aliphatic carbocycles. The van der Waals surface area contributed by atoms with Crippen LogP contribution in [0.1, 0.15) is 17.2 Å². The van der Waals surface area contributed by atoms with E-state index in [-0.39, 0.29) is 6.04 Å². The van der Waals surface area contributed by atoms with Crippen molar-refractivity contribution in [2.45, 2.75) is 12.6 Å². The van der Waals surface area contributed by atoms with Crippen LogP contribution < -0.4 is 4.74 Å². The molecule has 2 saturated heterocycles. The lowest BCUT2D eigenvalue weighted by Gasteiger charge is -2.28. The van der Waals surface area contributed by atoms with E-state index in [1.807, 2.05) is 30.3 Å². The van der Waals surface area contributed by atoms with Gasteiger partial charge >= 0.3 is 6.01 Å². The summed E-state index contributed by atoms with van der Waals surface area (Å²) in [6.45, 7) is 3.09. The number of hydrogen-bond acceptors (Lipinski definition) is 6. The van der Waals surface area contributed by atoms with Gasteiger partial charge in [-0.2, -0.15) is 4.31 Å². The molecular weight excluding hydrogens is 364 g/mol. The summed E-state index contributed by atoms with van der Waals surface area (Å²) in [4.78, 5) is 10.7. The van der Waals surface area contributed by atoms with Gasteiger partial charge in [-0.15, -0.1) is 0 Å². The molecule has 1 aromatic carbocycles. The molecule has 1 aromatic heterocycles. The van der Waals surface area contributed by atoms with Crippen LogP contribution in [0, 0.1) is 11.8 Å². The molecule has 2 aliphatic rings. The molecule has 0 spiro atoms. The van der Waals surface area contributed by atoms with Gasteiger partial charge in [0, 0.05) is 44.1 Å². The van der Waals surface area contributed by atoms with Gasteiger partial charge in [-0.1, -0.05) is 30.3 Å². The fourth-order valence-corrected chi connectivity index (χ4v) is 5.57. The van der Waals surface area contributed by atoms with Gasteiger partial charge in [-0.25, -0.2) is 18.4 Å². The summed E-state index contributed by atoms with van der Waals surface area (Å²) in [7, 11) is -1.70. The monoisotopic (exact) mass is 388 g/mol. The Balaban J connectivity index is 1.53. The zero-order valence-corrected chi connectivity index (χ0v) is 16.3. The maximum absolute atomic E-state index is 12.4. The molecule has 0 radical (unpaired) electrons. The Morgan fingerprint density at radius 1 is 1.11 bits per heavy atom. The highest BCUT2D eigenvalue weighted by molar-refractivity contribution is 7.88. The number of nitrogens with zero attached hydrogens (tertiary/aromatic N) is 4. The van der Waals surface area contributed by atoms with E-state index in [9.17, 15) is 8.42 Å². The number of rotatable bonds is 5. The van der Waals surface area contributed by atoms with E-state index in [2.05, 4.69) is 14.9 Å². The largest absolute Gasteiger partial charge is 0.467 e. The van der Waals surface area contributed by atoms with Crippen LogP contribution in [0.15, 0.2) is 42.7 Å². The zero-order chi connectivity index (χ0) is 19.0. The number of benzene rings is 1. The van der Waals surface area contributed by atoms with Crippen molar-refractivity contribution in [2.75, 3.05) is 33.0 Å². The Hall–Kier alpha value is -2.03. The predicted octanol–water partition coefficient (Wildman–Crippen LogP) is 1.55. The normalized spacial score (nSPS) is 26.2. The van der Waals surface area contributed by atoms with Gasteiger partial charge in [0.1, 0.15) is 0 Å². The first kappa shape index (κ1) is 18.3. The highest BCUT2D eigenvalue weighted by Gasteiger charge is 2.50. The summed E-state index contributed by atoms with van der Waals surface area (Å²) >= 11 is 0. The molecule has 7 nitrogen and oxygen atoms in total. The molecule has 27 heavy (non-hydrogen) atoms. The van der Waals surface area contributed by atoms with Crippen molar-refractivity contribution in [3.05, 3.63) is 53.9 Å². The first-order valence-electron chi connectivity index (χ1n) is 9.04. The van der Waals surface area contributed by atoms with Crippen LogP contribution >= 0.6 is 0 Å². The number of methoxy groups -OCH3 is 1. The smallest absolute Gasteiger partial charge is 0.316 e. The minimum absolute atomic E-state index is 0.0942. The van der Waals surface area contributed by atoms with E-state index in [1.54, 1.807) is 23.8 Å². The third kappa shape index (κ3) is 3.69. The lowest BCUT2D eigenvalue weighted by atomic mass is 9.90. The Bertz CT molecular complexity index is 889. The van der Waals surface area contributed by atoms with E-state index >= 15 is 0 Å². The molecule has 2 aliphatic heterocycles. The number of likely N-dealkylation sites (tertiary alicyclic amines) is 1. The molecule has 0 bridgehead atoms. The van der Waals surface area contributed by atoms with Gasteiger partial charge in [0.15, 0.2) is 0 Å². The second kappa shape index (κ2) is 7.18. The average molecular weight is 388 g/mol. The fourth-order valence-electron chi connectivity index (χ4n) is 4.42. The molecule has 8 heteroatoms. The molecule has 0 N–H and O–H groups in total. The predicted molar refractivity (Wildman–Crippen MR) is 102 cm³/mol. The van der Waals surface area contributed by atoms with Crippen LogP contribution in [0.5, 0.6) is 6.01 Å². The molecule has 0 amide bonds. The van der Waals surface area contributed by atoms with Crippen molar-refractivity contribution in [2.24, 2.45) is 11.8 Å². The lowest BCUT2D eigenvalue weighted by molar-refractivity contribution is 0.260. The van der Waals surface area contributed by atoms with Gasteiger partial charge < -0.3 is 4.74 Å². The highest BCUT2D eigenvalue weighted by Crippen LogP contribution is 2.46. The van der Waals surface area contributed by atoms with Crippen molar-refractivity contribution in [1.29, 1.82) is 0 Å². The van der Waals surface area contributed by atoms with Crippen molar-refractivity contribution >= 4 is 10.0 Å². The van der Waals surface area contributed by atoms with E-state index in [4.69, 9.17) is 4.74 Å². The average Bonchev–Trinajstić information content (AvgIpc) is 3.20. The summed E-state index contributed by atoms with van der Waals surface area (Å²) in [5, 5.41) is 0. The lowest BCUT2D eigenvalue weighted by Crippen LogP contribution is -2.35. The van der Waals surface area contributed by atoms with Crippen molar-refractivity contribution in [3.63, 3.8) is 0 Å². The van der Waals surface area contributed by atoms with E-state index in [0.29, 0.717) is 24.4 Å². The van der Waals surface area contributed by atoms with Crippen LogP contribution in [0.4, 0.5) is 0 Å².